The molecule has 6 aromatic carbocycles. The number of ether oxygens (including phenoxy) is 2. The second-order valence-corrected chi connectivity index (χ2v) is 22.5. The molecule has 8 aliphatic rings. The summed E-state index contributed by atoms with van der Waals surface area (Å²) in [4.78, 5) is 40.9. The van der Waals surface area contributed by atoms with E-state index in [0.717, 1.165) is 70.2 Å². The van der Waals surface area contributed by atoms with Gasteiger partial charge >= 0.3 is 11.9 Å². The first kappa shape index (κ1) is 46.0. The minimum Gasteiger partial charge on any atom is -0.496 e. The summed E-state index contributed by atoms with van der Waals surface area (Å²) in [5, 5.41) is 22.2. The number of para-hydroxylation sites is 1. The number of amides is 1. The van der Waals surface area contributed by atoms with Crippen molar-refractivity contribution in [2.45, 2.75) is 75.0 Å². The van der Waals surface area contributed by atoms with E-state index >= 15 is 0 Å². The lowest BCUT2D eigenvalue weighted by Crippen LogP contribution is -2.61. The Balaban J connectivity index is 0.691. The second-order valence-electron chi connectivity index (χ2n) is 22.5. The first-order valence-corrected chi connectivity index (χ1v) is 26.0. The highest BCUT2D eigenvalue weighted by Gasteiger charge is 2.63. The van der Waals surface area contributed by atoms with Crippen LogP contribution >= 0.6 is 0 Å². The van der Waals surface area contributed by atoms with Gasteiger partial charge in [0.05, 0.1) is 24.0 Å². The third-order valence-corrected chi connectivity index (χ3v) is 18.7. The molecule has 8 aliphatic carbocycles. The Morgan fingerprint density at radius 2 is 1.01 bits per heavy atom. The van der Waals surface area contributed by atoms with Gasteiger partial charge in [-0.1, -0.05) is 42.5 Å². The van der Waals surface area contributed by atoms with Gasteiger partial charge in [0.25, 0.3) is 5.91 Å². The van der Waals surface area contributed by atoms with Gasteiger partial charge in [0, 0.05) is 36.7 Å². The molecule has 3 N–H and O–H groups in total. The van der Waals surface area contributed by atoms with Crippen LogP contribution < -0.4 is 24.6 Å². The smallest absolute Gasteiger partial charge is 0.341 e. The Morgan fingerprint density at radius 3 is 1.51 bits per heavy atom. The molecule has 0 radical (unpaired) electrons. The van der Waals surface area contributed by atoms with Gasteiger partial charge in [-0.05, 0) is 231 Å². The van der Waals surface area contributed by atoms with E-state index in [9.17, 15) is 24.6 Å². The number of rotatable bonds is 14. The van der Waals surface area contributed by atoms with E-state index in [1.165, 1.54) is 82.9 Å². The monoisotopic (exact) mass is 961 g/mol. The van der Waals surface area contributed by atoms with Gasteiger partial charge in [-0.15, -0.1) is 0 Å². The van der Waals surface area contributed by atoms with Crippen molar-refractivity contribution in [3.05, 3.63) is 167 Å². The average molecular weight is 962 g/mol. The molecule has 1 amide bonds. The number of hydrogen-bond donors (Lipinski definition) is 3. The standard InChI is InChI=1S/C62H63N3O7/c1-64(47-19-21-48(22-20-47)65(2)53-9-6-10-54(71-3)57(53)60(69)70)46-17-13-44(14-18-46)61-31-37-27-40(33-61)55(41(28-37)34-61)56-42-29-38-30-43(56)36-62(32-38,35-42)45-15-25-50(26-16-45)72-49-23-11-39(12-24-49)58(66)63-52-8-5-4-7-51(52)59(67)68/h4-26,37-38,40-43,55-56H,27-36H2,1-3H3,(H,63,66)(H,67,68)(H,69,70). The zero-order valence-corrected chi connectivity index (χ0v) is 41.3. The first-order valence-electron chi connectivity index (χ1n) is 26.0. The topological polar surface area (TPSA) is 129 Å². The molecule has 4 unspecified atom stereocenters. The highest BCUT2D eigenvalue weighted by atomic mass is 16.5. The van der Waals surface area contributed by atoms with Gasteiger partial charge in [0.15, 0.2) is 0 Å². The molecule has 14 rings (SSSR count). The van der Waals surface area contributed by atoms with E-state index in [0.29, 0.717) is 22.7 Å². The van der Waals surface area contributed by atoms with Crippen LogP contribution in [0, 0.1) is 47.3 Å². The maximum absolute atomic E-state index is 13.0. The number of anilines is 5. The molecule has 8 fully saturated rings. The lowest BCUT2D eigenvalue weighted by atomic mass is 9.37. The van der Waals surface area contributed by atoms with Crippen LogP contribution in [0.25, 0.3) is 0 Å². The number of aromatic carboxylic acids is 2. The number of hydrogen-bond acceptors (Lipinski definition) is 7. The maximum Gasteiger partial charge on any atom is 0.341 e. The average Bonchev–Trinajstić information content (AvgIpc) is 3.38. The zero-order valence-electron chi connectivity index (χ0n) is 41.3. The van der Waals surface area contributed by atoms with E-state index in [1.54, 1.807) is 54.1 Å². The number of fused-ring (bicyclic) bond motifs is 1. The SMILES string of the molecule is COc1cccc(N(C)c2ccc(N(C)c3ccc(C45CC6CC(C4)C(C4C7CC8CC4CC(c4ccc(Oc9ccc(C(=O)Nc%10ccccc%10C(=O)O)cc9)cc4)(C8)C7)C(C6)C5)cc3)cc2)c1C(=O)O. The molecular formula is C62H63N3O7. The minimum absolute atomic E-state index is 0.0445. The fraction of sp³-hybridized carbons (Fsp3) is 0.371. The number of carboxylic acid groups (broad SMARTS) is 2. The van der Waals surface area contributed by atoms with Crippen LogP contribution in [0.2, 0.25) is 0 Å². The molecule has 0 spiro atoms. The third kappa shape index (κ3) is 7.98. The molecule has 368 valence electrons. The highest BCUT2D eigenvalue weighted by Crippen LogP contribution is 2.71. The Bertz CT molecular complexity index is 3010. The molecule has 0 aliphatic heterocycles. The summed E-state index contributed by atoms with van der Waals surface area (Å²) in [6, 6.07) is 45.4. The number of nitrogens with one attached hydrogen (secondary N) is 1. The number of benzene rings is 6. The predicted molar refractivity (Wildman–Crippen MR) is 281 cm³/mol. The maximum atomic E-state index is 13.0. The summed E-state index contributed by atoms with van der Waals surface area (Å²) in [6.07, 6.45) is 13.6. The van der Waals surface area contributed by atoms with Crippen molar-refractivity contribution in [3.8, 4) is 17.2 Å². The molecule has 10 heteroatoms. The van der Waals surface area contributed by atoms with Gasteiger partial charge in [-0.3, -0.25) is 4.79 Å². The van der Waals surface area contributed by atoms with Gasteiger partial charge in [0.1, 0.15) is 22.8 Å². The van der Waals surface area contributed by atoms with Crippen molar-refractivity contribution in [1.82, 2.24) is 0 Å². The largest absolute Gasteiger partial charge is 0.496 e. The summed E-state index contributed by atoms with van der Waals surface area (Å²) < 4.78 is 11.7. The highest BCUT2D eigenvalue weighted by molar-refractivity contribution is 6.07. The van der Waals surface area contributed by atoms with E-state index in [4.69, 9.17) is 9.47 Å². The molecule has 0 aromatic heterocycles. The van der Waals surface area contributed by atoms with Crippen molar-refractivity contribution in [2.24, 2.45) is 47.3 Å². The number of carbonyl (C=O) groups excluding carboxylic acids is 1. The normalized spacial score (nSPS) is 28.3. The molecule has 4 atom stereocenters. The molecule has 6 aromatic rings. The van der Waals surface area contributed by atoms with Gasteiger partial charge in [0.2, 0.25) is 0 Å². The summed E-state index contributed by atoms with van der Waals surface area (Å²) in [7, 11) is 5.50. The number of carbonyl (C=O) groups is 3. The van der Waals surface area contributed by atoms with Gasteiger partial charge < -0.3 is 34.8 Å². The molecule has 10 nitrogen and oxygen atoms in total. The van der Waals surface area contributed by atoms with Crippen LogP contribution in [-0.4, -0.2) is 49.3 Å². The number of methoxy groups -OCH3 is 1. The molecule has 0 saturated heterocycles. The van der Waals surface area contributed by atoms with Crippen LogP contribution in [0.3, 0.4) is 0 Å². The van der Waals surface area contributed by atoms with Crippen molar-refractivity contribution < 1.29 is 34.1 Å². The van der Waals surface area contributed by atoms with Gasteiger partial charge in [-0.25, -0.2) is 9.59 Å². The predicted octanol–water partition coefficient (Wildman–Crippen LogP) is 13.8. The second kappa shape index (κ2) is 17.9. The van der Waals surface area contributed by atoms with Crippen molar-refractivity contribution in [1.29, 1.82) is 0 Å². The van der Waals surface area contributed by atoms with Gasteiger partial charge in [-0.2, -0.15) is 0 Å². The third-order valence-electron chi connectivity index (χ3n) is 18.7. The fourth-order valence-corrected chi connectivity index (χ4v) is 16.2. The molecule has 72 heavy (non-hydrogen) atoms. The summed E-state index contributed by atoms with van der Waals surface area (Å²) in [5.41, 5.74) is 8.11. The molecule has 0 heterocycles. The van der Waals surface area contributed by atoms with E-state index in [1.807, 2.05) is 36.2 Å². The van der Waals surface area contributed by atoms with E-state index in [2.05, 4.69) is 77.9 Å². The van der Waals surface area contributed by atoms with E-state index in [-0.39, 0.29) is 33.6 Å². The molecular weight excluding hydrogens is 899 g/mol. The minimum atomic E-state index is -1.09. The van der Waals surface area contributed by atoms with Crippen molar-refractivity contribution >= 4 is 46.3 Å². The van der Waals surface area contributed by atoms with Crippen molar-refractivity contribution in [3.63, 3.8) is 0 Å². The van der Waals surface area contributed by atoms with Crippen LogP contribution in [0.4, 0.5) is 28.4 Å². The lowest BCUT2D eigenvalue weighted by Gasteiger charge is -2.68. The summed E-state index contributed by atoms with van der Waals surface area (Å²) in [5.74, 6) is 5.93. The van der Waals surface area contributed by atoms with Crippen LogP contribution in [0.5, 0.6) is 17.2 Å². The Morgan fingerprint density at radius 1 is 0.542 bits per heavy atom. The van der Waals surface area contributed by atoms with Crippen LogP contribution in [0.1, 0.15) is 106 Å². The molecule has 8 bridgehead atoms. The Kier molecular flexibility index (Phi) is 11.4. The summed E-state index contributed by atoms with van der Waals surface area (Å²) in [6.45, 7) is 0. The summed E-state index contributed by atoms with van der Waals surface area (Å²) >= 11 is 0. The lowest BCUT2D eigenvalue weighted by molar-refractivity contribution is -0.151. The zero-order chi connectivity index (χ0) is 49.5. The first-order chi connectivity index (χ1) is 34.9. The Hall–Kier alpha value is -7.07. The molecule has 8 saturated carbocycles. The fourth-order valence-electron chi connectivity index (χ4n) is 16.2. The van der Waals surface area contributed by atoms with Crippen molar-refractivity contribution in [2.75, 3.05) is 36.3 Å². The number of carboxylic acids is 2. The van der Waals surface area contributed by atoms with Crippen LogP contribution in [0.15, 0.2) is 140 Å². The Labute approximate surface area is 422 Å². The van der Waals surface area contributed by atoms with E-state index < -0.39 is 11.9 Å². The van der Waals surface area contributed by atoms with Crippen LogP contribution in [-0.2, 0) is 10.8 Å². The quantitative estimate of drug-likeness (QED) is 0.0977. The number of nitrogens with zero attached hydrogens (tertiary/aromatic N) is 2.